The largest absolute Gasteiger partial charge is 0.454 e. The maximum atomic E-state index is 13.1. The molecule has 1 atom stereocenters. The molecular formula is C20H20F3N3O4. The number of hydrogen-bond donors (Lipinski definition) is 2. The minimum absolute atomic E-state index is 0.110. The molecule has 7 nitrogen and oxygen atoms in total. The summed E-state index contributed by atoms with van der Waals surface area (Å²) in [6.07, 6.45) is -4.59. The van der Waals surface area contributed by atoms with Crippen molar-refractivity contribution >= 4 is 23.2 Å². The predicted octanol–water partition coefficient (Wildman–Crippen LogP) is 3.33. The van der Waals surface area contributed by atoms with Gasteiger partial charge in [-0.25, -0.2) is 0 Å². The highest BCUT2D eigenvalue weighted by atomic mass is 19.4. The maximum absolute atomic E-state index is 13.1. The van der Waals surface area contributed by atoms with Gasteiger partial charge in [0.2, 0.25) is 18.6 Å². The van der Waals surface area contributed by atoms with Gasteiger partial charge in [-0.3, -0.25) is 14.5 Å². The van der Waals surface area contributed by atoms with Gasteiger partial charge in [0, 0.05) is 11.8 Å². The summed E-state index contributed by atoms with van der Waals surface area (Å²) in [4.78, 5) is 26.1. The lowest BCUT2D eigenvalue weighted by Gasteiger charge is -2.23. The lowest BCUT2D eigenvalue weighted by Crippen LogP contribution is -2.43. The molecule has 0 spiro atoms. The van der Waals surface area contributed by atoms with E-state index in [1.54, 1.807) is 25.1 Å². The van der Waals surface area contributed by atoms with Crippen LogP contribution in [-0.2, 0) is 15.8 Å². The fourth-order valence-corrected chi connectivity index (χ4v) is 2.81. The molecule has 1 heterocycles. The molecule has 2 N–H and O–H groups in total. The summed E-state index contributed by atoms with van der Waals surface area (Å²) in [7, 11) is 1.53. The Morgan fingerprint density at radius 3 is 2.53 bits per heavy atom. The topological polar surface area (TPSA) is 79.9 Å². The van der Waals surface area contributed by atoms with Crippen molar-refractivity contribution in [2.45, 2.75) is 19.1 Å². The molecule has 0 aromatic heterocycles. The number of hydrogen-bond acceptors (Lipinski definition) is 5. The number of alkyl halides is 3. The van der Waals surface area contributed by atoms with Gasteiger partial charge in [0.05, 0.1) is 23.8 Å². The van der Waals surface area contributed by atoms with Gasteiger partial charge in [-0.05, 0) is 38.2 Å². The number of fused-ring (bicyclic) bond motifs is 1. The van der Waals surface area contributed by atoms with Gasteiger partial charge in [0.1, 0.15) is 0 Å². The molecule has 30 heavy (non-hydrogen) atoms. The van der Waals surface area contributed by atoms with Crippen molar-refractivity contribution in [3.63, 3.8) is 0 Å². The predicted molar refractivity (Wildman–Crippen MR) is 103 cm³/mol. The quantitative estimate of drug-likeness (QED) is 0.745. The van der Waals surface area contributed by atoms with E-state index in [2.05, 4.69) is 10.6 Å². The molecule has 160 valence electrons. The minimum atomic E-state index is -4.59. The van der Waals surface area contributed by atoms with Crippen LogP contribution in [0.15, 0.2) is 42.5 Å². The second-order valence-electron chi connectivity index (χ2n) is 6.74. The lowest BCUT2D eigenvalue weighted by molar-refractivity contribution is -0.137. The molecule has 0 saturated heterocycles. The normalized spacial score (nSPS) is 13.8. The lowest BCUT2D eigenvalue weighted by atomic mass is 10.1. The first-order valence-corrected chi connectivity index (χ1v) is 9.02. The minimum Gasteiger partial charge on any atom is -0.454 e. The highest BCUT2D eigenvalue weighted by Crippen LogP contribution is 2.35. The molecule has 0 bridgehead atoms. The van der Waals surface area contributed by atoms with Gasteiger partial charge in [-0.2, -0.15) is 13.2 Å². The first-order chi connectivity index (χ1) is 14.1. The molecule has 3 rings (SSSR count). The summed E-state index contributed by atoms with van der Waals surface area (Å²) >= 11 is 0. The second-order valence-corrected chi connectivity index (χ2v) is 6.74. The van der Waals surface area contributed by atoms with Crippen LogP contribution in [-0.4, -0.2) is 43.1 Å². The van der Waals surface area contributed by atoms with E-state index in [0.717, 1.165) is 6.07 Å². The van der Waals surface area contributed by atoms with Crippen molar-refractivity contribution < 1.29 is 32.2 Å². The third kappa shape index (κ3) is 5.01. The van der Waals surface area contributed by atoms with Crippen molar-refractivity contribution in [3.05, 3.63) is 48.0 Å². The molecule has 0 aliphatic carbocycles. The number of nitrogens with zero attached hydrogens (tertiary/aromatic N) is 1. The van der Waals surface area contributed by atoms with E-state index in [1.165, 1.54) is 30.1 Å². The van der Waals surface area contributed by atoms with Crippen LogP contribution in [0, 0.1) is 0 Å². The molecule has 1 unspecified atom stereocenters. The van der Waals surface area contributed by atoms with E-state index in [1.807, 2.05) is 0 Å². The third-order valence-corrected chi connectivity index (χ3v) is 4.58. The van der Waals surface area contributed by atoms with Crippen LogP contribution < -0.4 is 20.1 Å². The number of likely N-dealkylation sites (N-methyl/N-ethyl adjacent to an activating group) is 1. The van der Waals surface area contributed by atoms with Gasteiger partial charge in [0.25, 0.3) is 0 Å². The molecule has 2 aromatic carbocycles. The van der Waals surface area contributed by atoms with Crippen LogP contribution in [0.25, 0.3) is 0 Å². The van der Waals surface area contributed by atoms with E-state index < -0.39 is 23.7 Å². The zero-order valence-corrected chi connectivity index (χ0v) is 16.2. The van der Waals surface area contributed by atoms with Gasteiger partial charge in [-0.1, -0.05) is 12.1 Å². The molecule has 10 heteroatoms. The average molecular weight is 423 g/mol. The molecule has 2 amide bonds. The Kier molecular flexibility index (Phi) is 6.16. The highest BCUT2D eigenvalue weighted by Gasteiger charge is 2.33. The highest BCUT2D eigenvalue weighted by molar-refractivity contribution is 5.96. The fourth-order valence-electron chi connectivity index (χ4n) is 2.81. The number of anilines is 2. The van der Waals surface area contributed by atoms with Gasteiger partial charge in [0.15, 0.2) is 11.5 Å². The van der Waals surface area contributed by atoms with Crippen LogP contribution >= 0.6 is 0 Å². The van der Waals surface area contributed by atoms with Crippen LogP contribution in [0.5, 0.6) is 11.5 Å². The van der Waals surface area contributed by atoms with Crippen molar-refractivity contribution in [1.29, 1.82) is 0 Å². The second kappa shape index (κ2) is 8.62. The van der Waals surface area contributed by atoms with Gasteiger partial charge in [-0.15, -0.1) is 0 Å². The number of nitrogens with one attached hydrogen (secondary N) is 2. The SMILES string of the molecule is CC(C(=O)Nc1ccc2c(c1)OCO2)N(C)CC(=O)Nc1ccccc1C(F)(F)F. The zero-order chi connectivity index (χ0) is 21.9. The van der Waals surface area contributed by atoms with Gasteiger partial charge >= 0.3 is 6.18 Å². The Bertz CT molecular complexity index is 949. The first kappa shape index (κ1) is 21.4. The number of halogens is 3. The van der Waals surface area contributed by atoms with Crippen LogP contribution in [0.2, 0.25) is 0 Å². The molecule has 0 fully saturated rings. The Morgan fingerprint density at radius 1 is 1.10 bits per heavy atom. The van der Waals surface area contributed by atoms with Gasteiger partial charge < -0.3 is 20.1 Å². The summed E-state index contributed by atoms with van der Waals surface area (Å²) in [6, 6.07) is 8.92. The van der Waals surface area contributed by atoms with E-state index in [9.17, 15) is 22.8 Å². The Balaban J connectivity index is 1.58. The van der Waals surface area contributed by atoms with E-state index >= 15 is 0 Å². The zero-order valence-electron chi connectivity index (χ0n) is 16.2. The Labute approximate surface area is 170 Å². The summed E-state index contributed by atoms with van der Waals surface area (Å²) in [5, 5.41) is 4.96. The number of carbonyl (C=O) groups is 2. The molecule has 0 radical (unpaired) electrons. The third-order valence-electron chi connectivity index (χ3n) is 4.58. The summed E-state index contributed by atoms with van der Waals surface area (Å²) in [5.41, 5.74) is -0.775. The number of amides is 2. The smallest absolute Gasteiger partial charge is 0.418 e. The van der Waals surface area contributed by atoms with Crippen LogP contribution in [0.1, 0.15) is 12.5 Å². The molecule has 2 aromatic rings. The Morgan fingerprint density at radius 2 is 1.80 bits per heavy atom. The maximum Gasteiger partial charge on any atom is 0.418 e. The van der Waals surface area contributed by atoms with Crippen molar-refractivity contribution in [3.8, 4) is 11.5 Å². The number of rotatable bonds is 6. The average Bonchev–Trinajstić information content (AvgIpc) is 3.14. The number of ether oxygens (including phenoxy) is 2. The summed E-state index contributed by atoms with van der Waals surface area (Å²) in [5.74, 6) is 0.0299. The van der Waals surface area contributed by atoms with E-state index in [0.29, 0.717) is 17.2 Å². The number of benzene rings is 2. The first-order valence-electron chi connectivity index (χ1n) is 9.02. The van der Waals surface area contributed by atoms with E-state index in [4.69, 9.17) is 9.47 Å². The number of carbonyl (C=O) groups excluding carboxylic acids is 2. The molecular weight excluding hydrogens is 403 g/mol. The van der Waals surface area contributed by atoms with Crippen molar-refractivity contribution in [2.24, 2.45) is 0 Å². The summed E-state index contributed by atoms with van der Waals surface area (Å²) < 4.78 is 49.6. The summed E-state index contributed by atoms with van der Waals surface area (Å²) in [6.45, 7) is 1.42. The molecule has 1 aliphatic rings. The molecule has 0 saturated carbocycles. The standard InChI is InChI=1S/C20H20F3N3O4/c1-12(19(28)24-13-7-8-16-17(9-13)30-11-29-16)26(2)10-18(27)25-15-6-4-3-5-14(15)20(21,22)23/h3-9,12H,10-11H2,1-2H3,(H,24,28)(H,25,27). The van der Waals surface area contributed by atoms with Crippen molar-refractivity contribution in [1.82, 2.24) is 4.90 Å². The van der Waals surface area contributed by atoms with Crippen LogP contribution in [0.3, 0.4) is 0 Å². The monoisotopic (exact) mass is 423 g/mol. The fraction of sp³-hybridized carbons (Fsp3) is 0.300. The van der Waals surface area contributed by atoms with Crippen LogP contribution in [0.4, 0.5) is 24.5 Å². The number of para-hydroxylation sites is 1. The van der Waals surface area contributed by atoms with Crippen molar-refractivity contribution in [2.75, 3.05) is 31.0 Å². The molecule has 1 aliphatic heterocycles. The Hall–Kier alpha value is -3.27. The van der Waals surface area contributed by atoms with E-state index in [-0.39, 0.29) is 24.9 Å².